The molecule has 0 saturated heterocycles. The van der Waals surface area contributed by atoms with Crippen LogP contribution in [0.2, 0.25) is 0 Å². The predicted molar refractivity (Wildman–Crippen MR) is 131 cm³/mol. The first kappa shape index (κ1) is 24.5. The highest BCUT2D eigenvalue weighted by Gasteiger charge is 2.39. The van der Waals surface area contributed by atoms with Crippen molar-refractivity contribution in [3.05, 3.63) is 66.8 Å². The predicted octanol–water partition coefficient (Wildman–Crippen LogP) is 4.09. The number of hydrogen-bond acceptors (Lipinski definition) is 7. The third-order valence-corrected chi connectivity index (χ3v) is 7.87. The summed E-state index contributed by atoms with van der Waals surface area (Å²) in [6.45, 7) is 5.98. The second kappa shape index (κ2) is 9.22. The summed E-state index contributed by atoms with van der Waals surface area (Å²) >= 11 is 0. The summed E-state index contributed by atoms with van der Waals surface area (Å²) in [5.74, 6) is -1.09. The van der Waals surface area contributed by atoms with E-state index in [9.17, 15) is 18.0 Å². The van der Waals surface area contributed by atoms with Gasteiger partial charge in [-0.2, -0.15) is 0 Å². The van der Waals surface area contributed by atoms with Crippen molar-refractivity contribution in [3.63, 3.8) is 0 Å². The molecule has 0 amide bonds. The van der Waals surface area contributed by atoms with E-state index in [0.717, 1.165) is 0 Å². The monoisotopic (exact) mass is 493 g/mol. The van der Waals surface area contributed by atoms with Crippen molar-refractivity contribution < 1.29 is 22.7 Å². The number of sulfone groups is 1. The molecule has 0 radical (unpaired) electrons. The number of ether oxygens (including phenoxy) is 1. The van der Waals surface area contributed by atoms with Gasteiger partial charge in [0.05, 0.1) is 16.9 Å². The van der Waals surface area contributed by atoms with Crippen LogP contribution in [0.15, 0.2) is 76.5 Å². The quantitative estimate of drug-likeness (QED) is 0.389. The first-order valence-electron chi connectivity index (χ1n) is 11.2. The Morgan fingerprint density at radius 3 is 2.40 bits per heavy atom. The highest BCUT2D eigenvalue weighted by atomic mass is 32.2. The SMILES string of the molecule is COC(=O)C=CC1C=C(n2nc3ccc(S(=O)(=O)c4ccccc4)cc3n2)C(=O)C(C(C)(C)C)C1. The summed E-state index contributed by atoms with van der Waals surface area (Å²) in [5, 5.41) is 8.90. The van der Waals surface area contributed by atoms with Crippen LogP contribution in [0.3, 0.4) is 0 Å². The Morgan fingerprint density at radius 1 is 1.06 bits per heavy atom. The molecule has 0 saturated carbocycles. The molecule has 1 aromatic heterocycles. The average Bonchev–Trinajstić information content (AvgIpc) is 3.26. The second-order valence-corrected chi connectivity index (χ2v) is 11.5. The molecule has 1 heterocycles. The number of Topliss-reactive ketones (excluding diaryl/α,β-unsaturated/α-hetero) is 1. The van der Waals surface area contributed by atoms with E-state index in [0.29, 0.717) is 23.2 Å². The molecule has 9 heteroatoms. The molecular weight excluding hydrogens is 466 g/mol. The molecule has 0 aliphatic heterocycles. The number of methoxy groups -OCH3 is 1. The standard InChI is InChI=1S/C26H27N3O5S/c1-26(2,3)20-14-17(10-13-24(30)34-4)15-23(25(20)31)29-27-21-12-11-19(16-22(21)28-29)35(32,33)18-8-6-5-7-9-18/h5-13,15-17,20H,14H2,1-4H3. The lowest BCUT2D eigenvalue weighted by Gasteiger charge is -2.34. The molecule has 1 aliphatic carbocycles. The van der Waals surface area contributed by atoms with Gasteiger partial charge in [0.1, 0.15) is 16.7 Å². The van der Waals surface area contributed by atoms with Crippen molar-refractivity contribution in [2.24, 2.45) is 17.3 Å². The van der Waals surface area contributed by atoms with Crippen LogP contribution in [0, 0.1) is 17.3 Å². The topological polar surface area (TPSA) is 108 Å². The summed E-state index contributed by atoms with van der Waals surface area (Å²) in [6.07, 6.45) is 5.34. The van der Waals surface area contributed by atoms with Gasteiger partial charge in [0.25, 0.3) is 0 Å². The largest absolute Gasteiger partial charge is 0.466 e. The van der Waals surface area contributed by atoms with Gasteiger partial charge in [0.2, 0.25) is 9.84 Å². The molecule has 0 fully saturated rings. The number of hydrogen-bond donors (Lipinski definition) is 0. The van der Waals surface area contributed by atoms with Crippen LogP contribution in [0.4, 0.5) is 0 Å². The molecule has 3 aromatic rings. The van der Waals surface area contributed by atoms with Gasteiger partial charge in [0.15, 0.2) is 5.78 Å². The van der Waals surface area contributed by atoms with Crippen LogP contribution >= 0.6 is 0 Å². The van der Waals surface area contributed by atoms with Crippen molar-refractivity contribution in [2.75, 3.05) is 7.11 Å². The summed E-state index contributed by atoms with van der Waals surface area (Å²) in [5.41, 5.74) is 0.789. The minimum Gasteiger partial charge on any atom is -0.466 e. The van der Waals surface area contributed by atoms with Crippen LogP contribution in [-0.4, -0.2) is 42.3 Å². The zero-order valence-electron chi connectivity index (χ0n) is 20.0. The molecule has 2 atom stereocenters. The van der Waals surface area contributed by atoms with Crippen LogP contribution in [0.1, 0.15) is 27.2 Å². The Bertz CT molecular complexity index is 1450. The van der Waals surface area contributed by atoms with Crippen LogP contribution in [0.25, 0.3) is 16.7 Å². The number of carbonyl (C=O) groups is 2. The minimum atomic E-state index is -3.72. The fourth-order valence-corrected chi connectivity index (χ4v) is 5.43. The lowest BCUT2D eigenvalue weighted by molar-refractivity contribution is -0.134. The van der Waals surface area contributed by atoms with E-state index in [4.69, 9.17) is 0 Å². The average molecular weight is 494 g/mol. The summed E-state index contributed by atoms with van der Waals surface area (Å²) in [4.78, 5) is 26.6. The lowest BCUT2D eigenvalue weighted by atomic mass is 9.70. The van der Waals surface area contributed by atoms with E-state index in [1.54, 1.807) is 36.4 Å². The van der Waals surface area contributed by atoms with Gasteiger partial charge in [-0.3, -0.25) is 4.79 Å². The summed E-state index contributed by atoms with van der Waals surface area (Å²) in [6, 6.07) is 12.7. The number of fused-ring (bicyclic) bond motifs is 1. The van der Waals surface area contributed by atoms with E-state index in [1.807, 2.05) is 20.8 Å². The third kappa shape index (κ3) is 4.95. The van der Waals surface area contributed by atoms with Gasteiger partial charge < -0.3 is 4.74 Å². The van der Waals surface area contributed by atoms with Crippen LogP contribution in [-0.2, 0) is 24.2 Å². The number of aromatic nitrogens is 3. The van der Waals surface area contributed by atoms with Gasteiger partial charge in [-0.05, 0) is 54.2 Å². The molecule has 2 unspecified atom stereocenters. The van der Waals surface area contributed by atoms with Crippen LogP contribution < -0.4 is 0 Å². The maximum Gasteiger partial charge on any atom is 0.330 e. The van der Waals surface area contributed by atoms with Crippen molar-refractivity contribution in [3.8, 4) is 0 Å². The Labute approximate surface area is 204 Å². The molecule has 0 spiro atoms. The number of ketones is 1. The maximum absolute atomic E-state index is 13.4. The highest BCUT2D eigenvalue weighted by molar-refractivity contribution is 7.91. The van der Waals surface area contributed by atoms with Crippen molar-refractivity contribution in [2.45, 2.75) is 37.0 Å². The van der Waals surface area contributed by atoms with E-state index in [-0.39, 0.29) is 32.8 Å². The number of rotatable bonds is 5. The molecule has 35 heavy (non-hydrogen) atoms. The molecule has 0 bridgehead atoms. The number of esters is 1. The van der Waals surface area contributed by atoms with E-state index < -0.39 is 15.8 Å². The van der Waals surface area contributed by atoms with Crippen LogP contribution in [0.5, 0.6) is 0 Å². The lowest BCUT2D eigenvalue weighted by Crippen LogP contribution is -2.35. The minimum absolute atomic E-state index is 0.0960. The highest BCUT2D eigenvalue weighted by Crippen LogP contribution is 2.39. The zero-order valence-corrected chi connectivity index (χ0v) is 20.8. The third-order valence-electron chi connectivity index (χ3n) is 6.11. The van der Waals surface area contributed by atoms with Gasteiger partial charge in [-0.25, -0.2) is 13.2 Å². The Morgan fingerprint density at radius 2 is 1.74 bits per heavy atom. The van der Waals surface area contributed by atoms with Crippen molar-refractivity contribution in [1.29, 1.82) is 0 Å². The summed E-state index contributed by atoms with van der Waals surface area (Å²) in [7, 11) is -2.42. The first-order valence-corrected chi connectivity index (χ1v) is 12.7. The maximum atomic E-state index is 13.4. The number of carbonyl (C=O) groups excluding carboxylic acids is 2. The van der Waals surface area contributed by atoms with Gasteiger partial charge in [0, 0.05) is 12.0 Å². The number of benzene rings is 2. The molecular formula is C26H27N3O5S. The second-order valence-electron chi connectivity index (χ2n) is 9.57. The Hall–Kier alpha value is -3.59. The molecule has 182 valence electrons. The number of nitrogens with zero attached hydrogens (tertiary/aromatic N) is 3. The van der Waals surface area contributed by atoms with Crippen molar-refractivity contribution >= 4 is 38.3 Å². The van der Waals surface area contributed by atoms with E-state index in [2.05, 4.69) is 14.9 Å². The Balaban J connectivity index is 1.76. The first-order chi connectivity index (χ1) is 16.5. The van der Waals surface area contributed by atoms with E-state index in [1.165, 1.54) is 42.2 Å². The fourth-order valence-electron chi connectivity index (χ4n) is 4.13. The molecule has 2 aromatic carbocycles. The van der Waals surface area contributed by atoms with Gasteiger partial charge in [-0.1, -0.05) is 45.0 Å². The zero-order chi connectivity index (χ0) is 25.4. The molecule has 4 rings (SSSR count). The van der Waals surface area contributed by atoms with E-state index >= 15 is 0 Å². The van der Waals surface area contributed by atoms with Gasteiger partial charge >= 0.3 is 5.97 Å². The molecule has 0 N–H and O–H groups in total. The molecule has 1 aliphatic rings. The number of allylic oxidation sites excluding steroid dienone is 3. The fraction of sp³-hybridized carbons (Fsp3) is 0.308. The Kier molecular flexibility index (Phi) is 6.46. The summed E-state index contributed by atoms with van der Waals surface area (Å²) < 4.78 is 30.7. The van der Waals surface area contributed by atoms with Crippen molar-refractivity contribution in [1.82, 2.24) is 15.0 Å². The normalized spacial score (nSPS) is 19.2. The van der Waals surface area contributed by atoms with Gasteiger partial charge in [-0.15, -0.1) is 15.0 Å². The smallest absolute Gasteiger partial charge is 0.330 e. The molecule has 8 nitrogen and oxygen atoms in total.